The van der Waals surface area contributed by atoms with Crippen molar-refractivity contribution in [2.24, 2.45) is 4.99 Å². The van der Waals surface area contributed by atoms with Crippen LogP contribution >= 0.6 is 0 Å². The Labute approximate surface area is 133 Å². The number of nitrogens with zero attached hydrogens (tertiary/aromatic N) is 3. The van der Waals surface area contributed by atoms with Crippen molar-refractivity contribution in [2.75, 3.05) is 0 Å². The zero-order valence-corrected chi connectivity index (χ0v) is 12.8. The third-order valence-electron chi connectivity index (χ3n) is 3.41. The van der Waals surface area contributed by atoms with Gasteiger partial charge in [-0.2, -0.15) is 5.26 Å². The minimum Gasteiger partial charge on any atom is -0.494 e. The molecule has 1 aromatic carbocycles. The molecule has 6 nitrogen and oxygen atoms in total. The molecule has 0 aliphatic rings. The average Bonchev–Trinajstić information content (AvgIpc) is 2.52. The Hall–Kier alpha value is -3.20. The molecule has 0 aliphatic heterocycles. The molecule has 0 radical (unpaired) electrons. The molecule has 1 amide bonds. The molecule has 0 saturated carbocycles. The zero-order chi connectivity index (χ0) is 17.0. The lowest BCUT2D eigenvalue weighted by molar-refractivity contribution is -0.115. The SMILES string of the molecule is CC(=O)N=Cc1c(C)c(C#N)c(=O)n(Cc2ccccc2)c1O. The number of benzene rings is 1. The highest BCUT2D eigenvalue weighted by molar-refractivity contribution is 5.93. The van der Waals surface area contributed by atoms with Crippen LogP contribution in [0.3, 0.4) is 0 Å². The molecule has 0 atom stereocenters. The summed E-state index contributed by atoms with van der Waals surface area (Å²) in [7, 11) is 0. The molecule has 116 valence electrons. The number of hydrogen-bond donors (Lipinski definition) is 1. The second kappa shape index (κ2) is 6.71. The predicted molar refractivity (Wildman–Crippen MR) is 85.6 cm³/mol. The number of carbonyl (C=O) groups is 1. The van der Waals surface area contributed by atoms with Gasteiger partial charge < -0.3 is 5.11 Å². The van der Waals surface area contributed by atoms with Gasteiger partial charge in [0.25, 0.3) is 5.56 Å². The molecule has 1 aromatic heterocycles. The van der Waals surface area contributed by atoms with Gasteiger partial charge in [0.1, 0.15) is 11.6 Å². The first-order valence-electron chi connectivity index (χ1n) is 6.90. The van der Waals surface area contributed by atoms with Gasteiger partial charge in [-0.05, 0) is 18.1 Å². The fraction of sp³-hybridized carbons (Fsp3) is 0.176. The molecule has 1 N–H and O–H groups in total. The van der Waals surface area contributed by atoms with E-state index in [9.17, 15) is 20.0 Å². The Balaban J connectivity index is 2.67. The van der Waals surface area contributed by atoms with Crippen LogP contribution in [0.15, 0.2) is 40.1 Å². The van der Waals surface area contributed by atoms with Crippen molar-refractivity contribution in [1.29, 1.82) is 5.26 Å². The second-order valence-electron chi connectivity index (χ2n) is 5.00. The van der Waals surface area contributed by atoms with E-state index in [1.165, 1.54) is 20.1 Å². The van der Waals surface area contributed by atoms with Gasteiger partial charge in [0, 0.05) is 13.1 Å². The van der Waals surface area contributed by atoms with Crippen LogP contribution in [0.2, 0.25) is 0 Å². The summed E-state index contributed by atoms with van der Waals surface area (Å²) < 4.78 is 1.10. The summed E-state index contributed by atoms with van der Waals surface area (Å²) in [5.41, 5.74) is 0.624. The van der Waals surface area contributed by atoms with Crippen molar-refractivity contribution >= 4 is 12.1 Å². The van der Waals surface area contributed by atoms with Crippen LogP contribution < -0.4 is 5.56 Å². The third-order valence-corrected chi connectivity index (χ3v) is 3.41. The zero-order valence-electron chi connectivity index (χ0n) is 12.8. The Morgan fingerprint density at radius 1 is 1.39 bits per heavy atom. The van der Waals surface area contributed by atoms with Crippen LogP contribution in [-0.4, -0.2) is 21.8 Å². The number of aliphatic imine (C=N–C) groups is 1. The Kier molecular flexibility index (Phi) is 4.72. The van der Waals surface area contributed by atoms with E-state index >= 15 is 0 Å². The highest BCUT2D eigenvalue weighted by Crippen LogP contribution is 2.20. The van der Waals surface area contributed by atoms with Gasteiger partial charge in [0.2, 0.25) is 11.8 Å². The summed E-state index contributed by atoms with van der Waals surface area (Å²) in [6.07, 6.45) is 1.18. The minimum absolute atomic E-state index is 0.0799. The molecule has 2 aromatic rings. The number of carbonyl (C=O) groups excluding carboxylic acids is 1. The topological polar surface area (TPSA) is 95.5 Å². The first-order chi connectivity index (χ1) is 11.0. The largest absolute Gasteiger partial charge is 0.494 e. The molecular weight excluding hydrogens is 294 g/mol. The van der Waals surface area contributed by atoms with E-state index in [1.54, 1.807) is 12.1 Å². The molecule has 1 heterocycles. The molecule has 0 fully saturated rings. The normalized spacial score (nSPS) is 10.7. The lowest BCUT2D eigenvalue weighted by atomic mass is 10.1. The van der Waals surface area contributed by atoms with Crippen LogP contribution in [0.5, 0.6) is 5.88 Å². The Morgan fingerprint density at radius 3 is 2.61 bits per heavy atom. The summed E-state index contributed by atoms with van der Waals surface area (Å²) in [5, 5.41) is 19.6. The van der Waals surface area contributed by atoms with E-state index in [2.05, 4.69) is 4.99 Å². The van der Waals surface area contributed by atoms with E-state index < -0.39 is 11.5 Å². The van der Waals surface area contributed by atoms with Crippen molar-refractivity contribution in [1.82, 2.24) is 4.57 Å². The molecule has 0 saturated heterocycles. The predicted octanol–water partition coefficient (Wildman–Crippen LogP) is 1.75. The number of rotatable bonds is 3. The lowest BCUT2D eigenvalue weighted by Gasteiger charge is -2.14. The maximum Gasteiger partial charge on any atom is 0.271 e. The number of pyridine rings is 1. The van der Waals surface area contributed by atoms with Crippen molar-refractivity contribution in [3.63, 3.8) is 0 Å². The van der Waals surface area contributed by atoms with Crippen molar-refractivity contribution < 1.29 is 9.90 Å². The number of aromatic hydroxyl groups is 1. The molecule has 0 spiro atoms. The van der Waals surface area contributed by atoms with Crippen LogP contribution in [0.25, 0.3) is 0 Å². The van der Waals surface area contributed by atoms with Gasteiger partial charge in [-0.25, -0.2) is 4.99 Å². The second-order valence-corrected chi connectivity index (χ2v) is 5.00. The van der Waals surface area contributed by atoms with E-state index in [0.29, 0.717) is 5.56 Å². The maximum absolute atomic E-state index is 12.4. The van der Waals surface area contributed by atoms with Gasteiger partial charge in [0.05, 0.1) is 12.1 Å². The molecule has 2 rings (SSSR count). The number of hydrogen-bond acceptors (Lipinski definition) is 4. The van der Waals surface area contributed by atoms with E-state index in [1.807, 2.05) is 24.3 Å². The monoisotopic (exact) mass is 309 g/mol. The minimum atomic E-state index is -0.577. The van der Waals surface area contributed by atoms with Crippen molar-refractivity contribution in [3.05, 3.63) is 62.9 Å². The molecular formula is C17H15N3O3. The maximum atomic E-state index is 12.4. The standard InChI is InChI=1S/C17H15N3O3/c1-11-14(8-18)16(22)20(10-13-6-4-3-5-7-13)17(23)15(11)9-19-12(2)21/h3-7,9,23H,10H2,1-2H3. The van der Waals surface area contributed by atoms with Crippen LogP contribution in [0.1, 0.15) is 29.2 Å². The number of aromatic nitrogens is 1. The molecule has 0 aliphatic carbocycles. The summed E-state index contributed by atoms with van der Waals surface area (Å²) >= 11 is 0. The van der Waals surface area contributed by atoms with Crippen molar-refractivity contribution in [2.45, 2.75) is 20.4 Å². The number of amides is 1. The van der Waals surface area contributed by atoms with E-state index in [0.717, 1.165) is 10.1 Å². The average molecular weight is 309 g/mol. The lowest BCUT2D eigenvalue weighted by Crippen LogP contribution is -2.26. The van der Waals surface area contributed by atoms with E-state index in [4.69, 9.17) is 0 Å². The van der Waals surface area contributed by atoms with Crippen LogP contribution in [0, 0.1) is 18.3 Å². The van der Waals surface area contributed by atoms with Crippen molar-refractivity contribution in [3.8, 4) is 11.9 Å². The van der Waals surface area contributed by atoms with Crippen LogP contribution in [-0.2, 0) is 11.3 Å². The molecule has 23 heavy (non-hydrogen) atoms. The first-order valence-corrected chi connectivity index (χ1v) is 6.90. The highest BCUT2D eigenvalue weighted by Gasteiger charge is 2.18. The summed E-state index contributed by atoms with van der Waals surface area (Å²) in [6, 6.07) is 10.9. The number of nitriles is 1. The van der Waals surface area contributed by atoms with Gasteiger partial charge in [-0.1, -0.05) is 30.3 Å². The fourth-order valence-corrected chi connectivity index (χ4v) is 2.19. The summed E-state index contributed by atoms with van der Waals surface area (Å²) in [6.45, 7) is 2.92. The highest BCUT2D eigenvalue weighted by atomic mass is 16.3. The smallest absolute Gasteiger partial charge is 0.271 e. The molecule has 6 heteroatoms. The Bertz CT molecular complexity index is 875. The van der Waals surface area contributed by atoms with Gasteiger partial charge in [0.15, 0.2) is 0 Å². The first kappa shape index (κ1) is 16.2. The fourth-order valence-electron chi connectivity index (χ4n) is 2.19. The van der Waals surface area contributed by atoms with E-state index in [-0.39, 0.29) is 23.6 Å². The third kappa shape index (κ3) is 3.35. The summed E-state index contributed by atoms with van der Waals surface area (Å²) in [4.78, 5) is 27.1. The van der Waals surface area contributed by atoms with Gasteiger partial charge >= 0.3 is 0 Å². The van der Waals surface area contributed by atoms with Crippen LogP contribution in [0.4, 0.5) is 0 Å². The quantitative estimate of drug-likeness (QED) is 0.874. The summed E-state index contributed by atoms with van der Waals surface area (Å²) in [5.74, 6) is -0.761. The van der Waals surface area contributed by atoms with Gasteiger partial charge in [-0.15, -0.1) is 0 Å². The Morgan fingerprint density at radius 2 is 2.04 bits per heavy atom. The molecule has 0 unspecified atom stereocenters. The van der Waals surface area contributed by atoms with Gasteiger partial charge in [-0.3, -0.25) is 14.2 Å². The molecule has 0 bridgehead atoms.